The van der Waals surface area contributed by atoms with Crippen LogP contribution in [-0.4, -0.2) is 11.9 Å². The smallest absolute Gasteiger partial charge is 0.338 e. The van der Waals surface area contributed by atoms with Crippen LogP contribution in [0, 0.1) is 0 Å². The van der Waals surface area contributed by atoms with Crippen molar-refractivity contribution in [3.05, 3.63) is 48.1 Å². The third kappa shape index (κ3) is 4.60. The predicted molar refractivity (Wildman–Crippen MR) is 81.3 cm³/mol. The van der Waals surface area contributed by atoms with Gasteiger partial charge < -0.3 is 9.47 Å². The molecule has 0 radical (unpaired) electrons. The van der Waals surface area contributed by atoms with Gasteiger partial charge in [0.2, 0.25) is 0 Å². The molecular weight excluding hydrogens is 268 g/mol. The molecular formula is C17H20O4. The van der Waals surface area contributed by atoms with Crippen molar-refractivity contribution >= 4 is 11.9 Å². The summed E-state index contributed by atoms with van der Waals surface area (Å²) in [4.78, 5) is 23.4. The van der Waals surface area contributed by atoms with Gasteiger partial charge in [-0.05, 0) is 31.9 Å². The number of rotatable bonds is 6. The molecule has 0 bridgehead atoms. The van der Waals surface area contributed by atoms with E-state index in [0.29, 0.717) is 6.42 Å². The molecule has 0 unspecified atom stereocenters. The van der Waals surface area contributed by atoms with E-state index in [2.05, 4.69) is 13.2 Å². The average molecular weight is 288 g/mol. The molecule has 21 heavy (non-hydrogen) atoms. The van der Waals surface area contributed by atoms with E-state index in [-0.39, 0.29) is 22.6 Å². The minimum atomic E-state index is -0.559. The number of ether oxygens (including phenoxy) is 2. The lowest BCUT2D eigenvalue weighted by Crippen LogP contribution is -2.14. The van der Waals surface area contributed by atoms with Crippen LogP contribution in [0.3, 0.4) is 0 Å². The molecule has 1 aromatic carbocycles. The van der Waals surface area contributed by atoms with Gasteiger partial charge in [0.15, 0.2) is 11.5 Å². The molecule has 0 amide bonds. The van der Waals surface area contributed by atoms with Crippen LogP contribution < -0.4 is 9.47 Å². The second-order valence-corrected chi connectivity index (χ2v) is 4.83. The summed E-state index contributed by atoms with van der Waals surface area (Å²) in [7, 11) is 0. The predicted octanol–water partition coefficient (Wildman–Crippen LogP) is 3.60. The van der Waals surface area contributed by atoms with Gasteiger partial charge in [0.25, 0.3) is 0 Å². The summed E-state index contributed by atoms with van der Waals surface area (Å²) in [6.45, 7) is 12.2. The van der Waals surface area contributed by atoms with Crippen molar-refractivity contribution in [1.29, 1.82) is 0 Å². The zero-order valence-electron chi connectivity index (χ0n) is 12.7. The summed E-state index contributed by atoms with van der Waals surface area (Å²) < 4.78 is 10.6. The molecule has 0 saturated heterocycles. The molecule has 1 aromatic rings. The van der Waals surface area contributed by atoms with E-state index >= 15 is 0 Å². The van der Waals surface area contributed by atoms with E-state index in [1.165, 1.54) is 0 Å². The zero-order valence-corrected chi connectivity index (χ0v) is 12.7. The Bertz CT molecular complexity index is 584. The quantitative estimate of drug-likeness (QED) is 0.456. The van der Waals surface area contributed by atoms with Gasteiger partial charge in [-0.15, -0.1) is 0 Å². The minimum absolute atomic E-state index is 0.212. The number of hydrogen-bond acceptors (Lipinski definition) is 4. The molecule has 0 fully saturated rings. The Morgan fingerprint density at radius 2 is 1.62 bits per heavy atom. The van der Waals surface area contributed by atoms with Gasteiger partial charge in [-0.3, -0.25) is 0 Å². The molecule has 0 N–H and O–H groups in total. The van der Waals surface area contributed by atoms with Crippen LogP contribution >= 0.6 is 0 Å². The van der Waals surface area contributed by atoms with E-state index in [1.54, 1.807) is 26.0 Å². The van der Waals surface area contributed by atoms with E-state index < -0.39 is 11.9 Å². The second-order valence-electron chi connectivity index (χ2n) is 4.83. The molecule has 0 spiro atoms. The van der Waals surface area contributed by atoms with Gasteiger partial charge in [-0.2, -0.15) is 0 Å². The van der Waals surface area contributed by atoms with E-state index in [0.717, 1.165) is 12.0 Å². The standard InChI is InChI=1S/C17H20O4/c1-6-8-13-9-7-10-14(20-16(18)11(2)3)15(13)21-17(19)12(4)5/h7,9-10H,2,4,6,8H2,1,3,5H3. The van der Waals surface area contributed by atoms with Crippen molar-refractivity contribution in [2.75, 3.05) is 0 Å². The Kier molecular flexibility index (Phi) is 5.91. The number of hydrogen-bond donors (Lipinski definition) is 0. The summed E-state index contributed by atoms with van der Waals surface area (Å²) in [5.41, 5.74) is 1.35. The lowest BCUT2D eigenvalue weighted by molar-refractivity contribution is -0.132. The summed E-state index contributed by atoms with van der Waals surface area (Å²) in [6.07, 6.45) is 1.58. The maximum absolute atomic E-state index is 11.8. The summed E-state index contributed by atoms with van der Waals surface area (Å²) in [5, 5.41) is 0. The van der Waals surface area contributed by atoms with Crippen LogP contribution in [0.4, 0.5) is 0 Å². The van der Waals surface area contributed by atoms with Crippen LogP contribution in [0.5, 0.6) is 11.5 Å². The Labute approximate surface area is 125 Å². The maximum Gasteiger partial charge on any atom is 0.338 e. The Hall–Kier alpha value is -2.36. The maximum atomic E-state index is 11.8. The van der Waals surface area contributed by atoms with Crippen molar-refractivity contribution in [2.45, 2.75) is 33.6 Å². The third-order valence-electron chi connectivity index (χ3n) is 2.67. The molecule has 0 aliphatic heterocycles. The lowest BCUT2D eigenvalue weighted by Gasteiger charge is -2.14. The number of esters is 2. The normalized spacial score (nSPS) is 9.86. The number of benzene rings is 1. The van der Waals surface area contributed by atoms with Crippen LogP contribution in [0.1, 0.15) is 32.8 Å². The molecule has 0 saturated carbocycles. The number of carbonyl (C=O) groups is 2. The van der Waals surface area contributed by atoms with Gasteiger partial charge in [0.1, 0.15) is 0 Å². The van der Waals surface area contributed by atoms with Gasteiger partial charge in [-0.1, -0.05) is 38.6 Å². The number of aryl methyl sites for hydroxylation is 1. The molecule has 0 aliphatic carbocycles. The molecule has 0 aliphatic rings. The molecule has 1 rings (SSSR count). The van der Waals surface area contributed by atoms with Crippen LogP contribution in [0.15, 0.2) is 42.5 Å². The number of para-hydroxylation sites is 1. The second kappa shape index (κ2) is 7.43. The highest BCUT2D eigenvalue weighted by molar-refractivity contribution is 5.91. The monoisotopic (exact) mass is 288 g/mol. The summed E-state index contributed by atoms with van der Waals surface area (Å²) in [6, 6.07) is 5.17. The first-order valence-electron chi connectivity index (χ1n) is 6.74. The van der Waals surface area contributed by atoms with Crippen molar-refractivity contribution in [2.24, 2.45) is 0 Å². The molecule has 0 atom stereocenters. The molecule has 4 heteroatoms. The first kappa shape index (κ1) is 16.7. The van der Waals surface area contributed by atoms with Crippen molar-refractivity contribution in [3.63, 3.8) is 0 Å². The summed E-state index contributed by atoms with van der Waals surface area (Å²) >= 11 is 0. The van der Waals surface area contributed by atoms with E-state index in [4.69, 9.17) is 9.47 Å². The fraction of sp³-hybridized carbons (Fsp3) is 0.294. The average Bonchev–Trinajstić information content (AvgIpc) is 2.41. The Balaban J connectivity index is 3.19. The molecule has 0 aromatic heterocycles. The van der Waals surface area contributed by atoms with Crippen LogP contribution in [0.2, 0.25) is 0 Å². The van der Waals surface area contributed by atoms with Gasteiger partial charge in [0.05, 0.1) is 0 Å². The first-order valence-corrected chi connectivity index (χ1v) is 6.74. The summed E-state index contributed by atoms with van der Waals surface area (Å²) in [5.74, 6) is -0.632. The van der Waals surface area contributed by atoms with Crippen LogP contribution in [-0.2, 0) is 16.0 Å². The molecule has 4 nitrogen and oxygen atoms in total. The van der Waals surface area contributed by atoms with Gasteiger partial charge >= 0.3 is 11.9 Å². The number of carbonyl (C=O) groups excluding carboxylic acids is 2. The topological polar surface area (TPSA) is 52.6 Å². The molecule has 112 valence electrons. The highest BCUT2D eigenvalue weighted by Crippen LogP contribution is 2.33. The lowest BCUT2D eigenvalue weighted by atomic mass is 10.1. The highest BCUT2D eigenvalue weighted by Gasteiger charge is 2.18. The first-order chi connectivity index (χ1) is 9.86. The van der Waals surface area contributed by atoms with Crippen molar-refractivity contribution in [1.82, 2.24) is 0 Å². The Morgan fingerprint density at radius 1 is 1.05 bits per heavy atom. The third-order valence-corrected chi connectivity index (χ3v) is 2.67. The van der Waals surface area contributed by atoms with E-state index in [9.17, 15) is 9.59 Å². The largest absolute Gasteiger partial charge is 0.419 e. The van der Waals surface area contributed by atoms with Gasteiger partial charge in [0, 0.05) is 11.1 Å². The van der Waals surface area contributed by atoms with Crippen molar-refractivity contribution in [3.8, 4) is 11.5 Å². The minimum Gasteiger partial charge on any atom is -0.419 e. The van der Waals surface area contributed by atoms with Crippen LogP contribution in [0.25, 0.3) is 0 Å². The zero-order chi connectivity index (χ0) is 16.0. The van der Waals surface area contributed by atoms with Gasteiger partial charge in [-0.25, -0.2) is 9.59 Å². The van der Waals surface area contributed by atoms with Crippen molar-refractivity contribution < 1.29 is 19.1 Å². The highest BCUT2D eigenvalue weighted by atomic mass is 16.6. The molecule has 0 heterocycles. The fourth-order valence-corrected chi connectivity index (χ4v) is 1.59. The SMILES string of the molecule is C=C(C)C(=O)Oc1cccc(CCC)c1OC(=O)C(=C)C. The fourth-order valence-electron chi connectivity index (χ4n) is 1.59. The Morgan fingerprint density at radius 3 is 2.14 bits per heavy atom. The van der Waals surface area contributed by atoms with E-state index in [1.807, 2.05) is 13.0 Å².